The normalized spacial score (nSPS) is 10.5. The van der Waals surface area contributed by atoms with Gasteiger partial charge in [0.1, 0.15) is 0 Å². The number of nitro groups is 1. The third-order valence-corrected chi connectivity index (χ3v) is 1.52. The second-order valence-corrected chi connectivity index (χ2v) is 2.50. The first-order valence-electron chi connectivity index (χ1n) is 3.72. The molecule has 0 N–H and O–H groups in total. The minimum Gasteiger partial charge on any atom is -0.318 e. The SMILES string of the molecule is O=[N+]([O-])c1ccc(COC(F)F)cc1. The highest BCUT2D eigenvalue weighted by molar-refractivity contribution is 5.32. The fourth-order valence-electron chi connectivity index (χ4n) is 0.873. The van der Waals surface area contributed by atoms with Crippen LogP contribution in [0.3, 0.4) is 0 Å². The summed E-state index contributed by atoms with van der Waals surface area (Å²) in [5.41, 5.74) is 0.390. The van der Waals surface area contributed by atoms with Gasteiger partial charge in [-0.3, -0.25) is 10.1 Å². The Balaban J connectivity index is 2.60. The van der Waals surface area contributed by atoms with Crippen LogP contribution in [0.25, 0.3) is 0 Å². The van der Waals surface area contributed by atoms with Gasteiger partial charge in [0.25, 0.3) is 5.69 Å². The topological polar surface area (TPSA) is 52.4 Å². The van der Waals surface area contributed by atoms with Gasteiger partial charge in [-0.1, -0.05) is 0 Å². The number of non-ortho nitro benzene ring substituents is 1. The Morgan fingerprint density at radius 2 is 1.93 bits per heavy atom. The first kappa shape index (κ1) is 10.5. The Bertz CT molecular complexity index is 313. The maximum Gasteiger partial charge on any atom is 0.345 e. The molecule has 14 heavy (non-hydrogen) atoms. The van der Waals surface area contributed by atoms with Crippen LogP contribution in [-0.4, -0.2) is 11.5 Å². The average Bonchev–Trinajstić information content (AvgIpc) is 2.15. The van der Waals surface area contributed by atoms with E-state index in [9.17, 15) is 18.9 Å². The van der Waals surface area contributed by atoms with Crippen molar-refractivity contribution in [2.75, 3.05) is 0 Å². The zero-order valence-electron chi connectivity index (χ0n) is 7.02. The third kappa shape index (κ3) is 3.06. The van der Waals surface area contributed by atoms with Gasteiger partial charge in [-0.25, -0.2) is 0 Å². The molecule has 0 fully saturated rings. The fraction of sp³-hybridized carbons (Fsp3) is 0.250. The van der Waals surface area contributed by atoms with Gasteiger partial charge >= 0.3 is 6.61 Å². The molecule has 76 valence electrons. The zero-order chi connectivity index (χ0) is 10.6. The first-order chi connectivity index (χ1) is 6.59. The zero-order valence-corrected chi connectivity index (χ0v) is 7.02. The predicted octanol–water partition coefficient (Wildman–Crippen LogP) is 2.33. The fourth-order valence-corrected chi connectivity index (χ4v) is 0.873. The molecule has 1 aromatic carbocycles. The molecule has 1 aromatic rings. The number of hydrogen-bond donors (Lipinski definition) is 0. The van der Waals surface area contributed by atoms with E-state index in [1.165, 1.54) is 24.3 Å². The highest BCUT2D eigenvalue weighted by Gasteiger charge is 2.05. The molecule has 1 rings (SSSR count). The molecule has 0 radical (unpaired) electrons. The summed E-state index contributed by atoms with van der Waals surface area (Å²) in [5.74, 6) is 0. The third-order valence-electron chi connectivity index (χ3n) is 1.52. The van der Waals surface area contributed by atoms with Gasteiger partial charge in [-0.05, 0) is 17.7 Å². The van der Waals surface area contributed by atoms with E-state index in [2.05, 4.69) is 4.74 Å². The van der Waals surface area contributed by atoms with Crippen LogP contribution in [0, 0.1) is 10.1 Å². The summed E-state index contributed by atoms with van der Waals surface area (Å²) in [7, 11) is 0. The Kier molecular flexibility index (Phi) is 3.47. The second-order valence-electron chi connectivity index (χ2n) is 2.50. The lowest BCUT2D eigenvalue weighted by molar-refractivity contribution is -0.384. The largest absolute Gasteiger partial charge is 0.345 e. The highest BCUT2D eigenvalue weighted by atomic mass is 19.3. The van der Waals surface area contributed by atoms with Crippen molar-refractivity contribution in [1.82, 2.24) is 0 Å². The number of ether oxygens (including phenoxy) is 1. The van der Waals surface area contributed by atoms with Crippen molar-refractivity contribution < 1.29 is 18.4 Å². The molecule has 0 spiro atoms. The lowest BCUT2D eigenvalue weighted by atomic mass is 10.2. The maximum atomic E-state index is 11.6. The van der Waals surface area contributed by atoms with Crippen LogP contribution in [-0.2, 0) is 11.3 Å². The summed E-state index contributed by atoms with van der Waals surface area (Å²) >= 11 is 0. The summed E-state index contributed by atoms with van der Waals surface area (Å²) in [6.45, 7) is -3.08. The van der Waals surface area contributed by atoms with Crippen LogP contribution < -0.4 is 0 Å². The lowest BCUT2D eigenvalue weighted by Crippen LogP contribution is -1.99. The Hall–Kier alpha value is -1.56. The molecule has 0 aliphatic rings. The number of nitrogens with zero attached hydrogens (tertiary/aromatic N) is 1. The lowest BCUT2D eigenvalue weighted by Gasteiger charge is -2.01. The monoisotopic (exact) mass is 203 g/mol. The van der Waals surface area contributed by atoms with Crippen molar-refractivity contribution in [2.24, 2.45) is 0 Å². The Morgan fingerprint density at radius 3 is 2.36 bits per heavy atom. The molecule has 0 aliphatic heterocycles. The molecular weight excluding hydrogens is 196 g/mol. The van der Waals surface area contributed by atoms with Crippen molar-refractivity contribution in [3.63, 3.8) is 0 Å². The molecular formula is C8H7F2NO3. The summed E-state index contributed by atoms with van der Waals surface area (Å²) in [6, 6.07) is 5.23. The van der Waals surface area contributed by atoms with Crippen LogP contribution in [0.4, 0.5) is 14.5 Å². The predicted molar refractivity (Wildman–Crippen MR) is 43.9 cm³/mol. The van der Waals surface area contributed by atoms with Crippen molar-refractivity contribution in [3.05, 3.63) is 39.9 Å². The summed E-state index contributed by atoms with van der Waals surface area (Å²) < 4.78 is 27.2. The van der Waals surface area contributed by atoms with Gasteiger partial charge in [-0.2, -0.15) is 8.78 Å². The van der Waals surface area contributed by atoms with E-state index in [0.29, 0.717) is 5.56 Å². The Labute approximate surface area is 78.3 Å². The number of nitro benzene ring substituents is 1. The number of alkyl halides is 2. The van der Waals surface area contributed by atoms with Crippen LogP contribution in [0.15, 0.2) is 24.3 Å². The standard InChI is InChI=1S/C8H7F2NO3/c9-8(10)14-5-6-1-3-7(4-2-6)11(12)13/h1-4,8H,5H2. The molecule has 0 aromatic heterocycles. The highest BCUT2D eigenvalue weighted by Crippen LogP contribution is 2.13. The molecule has 0 unspecified atom stereocenters. The van der Waals surface area contributed by atoms with Crippen molar-refractivity contribution >= 4 is 5.69 Å². The molecule has 4 nitrogen and oxygen atoms in total. The summed E-state index contributed by atoms with van der Waals surface area (Å²) in [5, 5.41) is 10.2. The number of halogens is 2. The van der Waals surface area contributed by atoms with Crippen molar-refractivity contribution in [1.29, 1.82) is 0 Å². The second kappa shape index (κ2) is 4.61. The first-order valence-corrected chi connectivity index (χ1v) is 3.72. The van der Waals surface area contributed by atoms with Gasteiger partial charge in [0.15, 0.2) is 0 Å². The number of rotatable bonds is 4. The minimum absolute atomic E-state index is 0.0780. The van der Waals surface area contributed by atoms with Gasteiger partial charge < -0.3 is 4.74 Å². The summed E-state index contributed by atoms with van der Waals surface area (Å²) in [6.07, 6.45) is 0. The quantitative estimate of drug-likeness (QED) is 0.557. The Morgan fingerprint density at radius 1 is 1.36 bits per heavy atom. The number of benzene rings is 1. The average molecular weight is 203 g/mol. The molecule has 0 amide bonds. The summed E-state index contributed by atoms with van der Waals surface area (Å²) in [4.78, 5) is 9.67. The van der Waals surface area contributed by atoms with E-state index in [1.54, 1.807) is 0 Å². The van der Waals surface area contributed by atoms with Gasteiger partial charge in [0.05, 0.1) is 11.5 Å². The molecule has 0 heterocycles. The molecule has 0 saturated carbocycles. The maximum absolute atomic E-state index is 11.6. The van der Waals surface area contributed by atoms with Gasteiger partial charge in [-0.15, -0.1) is 0 Å². The molecule has 0 aliphatic carbocycles. The van der Waals surface area contributed by atoms with Crippen LogP contribution >= 0.6 is 0 Å². The van der Waals surface area contributed by atoms with E-state index < -0.39 is 11.5 Å². The van der Waals surface area contributed by atoms with Crippen LogP contribution in [0.5, 0.6) is 0 Å². The van der Waals surface area contributed by atoms with E-state index in [0.717, 1.165) is 0 Å². The van der Waals surface area contributed by atoms with Crippen molar-refractivity contribution in [2.45, 2.75) is 13.2 Å². The van der Waals surface area contributed by atoms with E-state index in [-0.39, 0.29) is 12.3 Å². The van der Waals surface area contributed by atoms with Crippen molar-refractivity contribution in [3.8, 4) is 0 Å². The van der Waals surface area contributed by atoms with E-state index >= 15 is 0 Å². The minimum atomic E-state index is -2.83. The molecule has 0 bridgehead atoms. The van der Waals surface area contributed by atoms with E-state index in [1.807, 2.05) is 0 Å². The van der Waals surface area contributed by atoms with Gasteiger partial charge in [0.2, 0.25) is 0 Å². The van der Waals surface area contributed by atoms with Crippen LogP contribution in [0.1, 0.15) is 5.56 Å². The van der Waals surface area contributed by atoms with Crippen LogP contribution in [0.2, 0.25) is 0 Å². The number of hydrogen-bond acceptors (Lipinski definition) is 3. The molecule has 0 saturated heterocycles. The molecule has 6 heteroatoms. The van der Waals surface area contributed by atoms with Gasteiger partial charge in [0, 0.05) is 12.1 Å². The molecule has 0 atom stereocenters. The van der Waals surface area contributed by atoms with E-state index in [4.69, 9.17) is 0 Å². The smallest absolute Gasteiger partial charge is 0.318 e.